The number of rotatable bonds is 4. The minimum atomic E-state index is 0. The molecule has 1 aromatic rings. The maximum atomic E-state index is 11.7. The van der Waals surface area contributed by atoms with Gasteiger partial charge in [0.2, 0.25) is 5.91 Å². The third-order valence-corrected chi connectivity index (χ3v) is 3.06. The van der Waals surface area contributed by atoms with Crippen LogP contribution in [0.1, 0.15) is 31.4 Å². The molecular weight excluding hydrogens is 285 g/mol. The number of carbonyl (C=O) groups is 1. The quantitative estimate of drug-likeness (QED) is 0.899. The van der Waals surface area contributed by atoms with Crippen molar-refractivity contribution in [1.82, 2.24) is 10.3 Å². The van der Waals surface area contributed by atoms with Crippen LogP contribution >= 0.6 is 24.8 Å². The Kier molecular flexibility index (Phi) is 8.72. The maximum absolute atomic E-state index is 11.7. The molecule has 1 aromatic heterocycles. The van der Waals surface area contributed by atoms with E-state index in [4.69, 9.17) is 0 Å². The van der Waals surface area contributed by atoms with Gasteiger partial charge in [0.05, 0.1) is 0 Å². The molecule has 19 heavy (non-hydrogen) atoms. The number of aryl methyl sites for hydroxylation is 1. The molecule has 0 bridgehead atoms. The van der Waals surface area contributed by atoms with Crippen LogP contribution < -0.4 is 10.6 Å². The average Bonchev–Trinajstić information content (AvgIpc) is 2.79. The Morgan fingerprint density at radius 1 is 1.53 bits per heavy atom. The van der Waals surface area contributed by atoms with E-state index in [1.807, 2.05) is 19.1 Å². The zero-order valence-corrected chi connectivity index (χ0v) is 12.6. The van der Waals surface area contributed by atoms with Crippen LogP contribution in [0.4, 0.5) is 5.69 Å². The Balaban J connectivity index is 0.00000162. The van der Waals surface area contributed by atoms with Gasteiger partial charge in [-0.15, -0.1) is 24.8 Å². The minimum absolute atomic E-state index is 0. The summed E-state index contributed by atoms with van der Waals surface area (Å²) in [5.41, 5.74) is 1.75. The van der Waals surface area contributed by atoms with Gasteiger partial charge in [0.15, 0.2) is 0 Å². The van der Waals surface area contributed by atoms with E-state index in [1.165, 1.54) is 12.8 Å². The first-order valence-corrected chi connectivity index (χ1v) is 6.20. The van der Waals surface area contributed by atoms with Crippen molar-refractivity contribution in [3.63, 3.8) is 0 Å². The van der Waals surface area contributed by atoms with Gasteiger partial charge in [-0.2, -0.15) is 0 Å². The molecule has 6 heteroatoms. The summed E-state index contributed by atoms with van der Waals surface area (Å²) in [6.45, 7) is 3.01. The zero-order valence-electron chi connectivity index (χ0n) is 11.0. The standard InChI is InChI=1S/C13H19N3O.2ClH/c1-10-9-12(6-8-14-10)16-13(17)5-4-11-3-2-7-15-11;;/h6,8-9,11,15H,2-5,7H2,1H3,(H,14,16,17);2*1H. The molecule has 0 aromatic carbocycles. The van der Waals surface area contributed by atoms with Crippen LogP contribution in [0.25, 0.3) is 0 Å². The summed E-state index contributed by atoms with van der Waals surface area (Å²) in [6, 6.07) is 4.23. The highest BCUT2D eigenvalue weighted by Crippen LogP contribution is 2.12. The summed E-state index contributed by atoms with van der Waals surface area (Å²) in [5.74, 6) is 0.0873. The highest BCUT2D eigenvalue weighted by Gasteiger charge is 2.15. The third kappa shape index (κ3) is 6.23. The summed E-state index contributed by atoms with van der Waals surface area (Å²) in [4.78, 5) is 15.8. The second-order valence-electron chi connectivity index (χ2n) is 4.57. The van der Waals surface area contributed by atoms with Crippen molar-refractivity contribution in [1.29, 1.82) is 0 Å². The lowest BCUT2D eigenvalue weighted by Crippen LogP contribution is -2.23. The van der Waals surface area contributed by atoms with Gasteiger partial charge in [-0.1, -0.05) is 0 Å². The number of carbonyl (C=O) groups excluding carboxylic acids is 1. The molecule has 108 valence electrons. The molecule has 0 radical (unpaired) electrons. The first-order valence-electron chi connectivity index (χ1n) is 6.20. The van der Waals surface area contributed by atoms with Gasteiger partial charge < -0.3 is 10.6 Å². The Hall–Kier alpha value is -0.840. The number of pyridine rings is 1. The number of hydrogen-bond donors (Lipinski definition) is 2. The molecule has 2 heterocycles. The molecule has 2 rings (SSSR count). The van der Waals surface area contributed by atoms with E-state index in [0.29, 0.717) is 12.5 Å². The van der Waals surface area contributed by atoms with Crippen LogP contribution in [0.5, 0.6) is 0 Å². The molecule has 2 N–H and O–H groups in total. The topological polar surface area (TPSA) is 54.0 Å². The number of nitrogens with one attached hydrogen (secondary N) is 2. The maximum Gasteiger partial charge on any atom is 0.224 e. The minimum Gasteiger partial charge on any atom is -0.326 e. The SMILES string of the molecule is Cc1cc(NC(=O)CCC2CCCN2)ccn1.Cl.Cl. The fourth-order valence-corrected chi connectivity index (χ4v) is 2.16. The molecule has 1 amide bonds. The largest absolute Gasteiger partial charge is 0.326 e. The van der Waals surface area contributed by atoms with Crippen molar-refractivity contribution in [3.05, 3.63) is 24.0 Å². The zero-order chi connectivity index (χ0) is 12.1. The highest BCUT2D eigenvalue weighted by molar-refractivity contribution is 5.90. The first kappa shape index (κ1) is 18.2. The summed E-state index contributed by atoms with van der Waals surface area (Å²) in [5, 5.41) is 6.29. The molecule has 0 spiro atoms. The predicted octanol–water partition coefficient (Wildman–Crippen LogP) is 2.70. The van der Waals surface area contributed by atoms with Gasteiger partial charge in [0, 0.05) is 30.0 Å². The molecule has 1 saturated heterocycles. The predicted molar refractivity (Wildman–Crippen MR) is 82.4 cm³/mol. The second-order valence-corrected chi connectivity index (χ2v) is 4.57. The Morgan fingerprint density at radius 2 is 2.32 bits per heavy atom. The monoisotopic (exact) mass is 305 g/mol. The smallest absolute Gasteiger partial charge is 0.224 e. The highest BCUT2D eigenvalue weighted by atomic mass is 35.5. The van der Waals surface area contributed by atoms with E-state index >= 15 is 0 Å². The summed E-state index contributed by atoms with van der Waals surface area (Å²) < 4.78 is 0. The molecule has 1 aliphatic rings. The Bertz CT molecular complexity index is 395. The lowest BCUT2D eigenvalue weighted by molar-refractivity contribution is -0.116. The number of aromatic nitrogens is 1. The number of nitrogens with zero attached hydrogens (tertiary/aromatic N) is 1. The van der Waals surface area contributed by atoms with E-state index in [0.717, 1.165) is 24.3 Å². The van der Waals surface area contributed by atoms with Crippen LogP contribution in [0.15, 0.2) is 18.3 Å². The molecule has 0 aliphatic carbocycles. The molecule has 4 nitrogen and oxygen atoms in total. The first-order chi connectivity index (χ1) is 8.24. The lowest BCUT2D eigenvalue weighted by Gasteiger charge is -2.10. The Morgan fingerprint density at radius 3 is 2.95 bits per heavy atom. The summed E-state index contributed by atoms with van der Waals surface area (Å²) >= 11 is 0. The van der Waals surface area contributed by atoms with Gasteiger partial charge in [-0.05, 0) is 44.9 Å². The van der Waals surface area contributed by atoms with Crippen LogP contribution in [-0.2, 0) is 4.79 Å². The van der Waals surface area contributed by atoms with Gasteiger partial charge in [-0.25, -0.2) is 0 Å². The molecule has 1 fully saturated rings. The third-order valence-electron chi connectivity index (χ3n) is 3.06. The van der Waals surface area contributed by atoms with Crippen molar-refractivity contribution in [3.8, 4) is 0 Å². The number of halogens is 2. The van der Waals surface area contributed by atoms with Gasteiger partial charge >= 0.3 is 0 Å². The van der Waals surface area contributed by atoms with Crippen molar-refractivity contribution in [2.24, 2.45) is 0 Å². The van der Waals surface area contributed by atoms with Gasteiger partial charge in [0.25, 0.3) is 0 Å². The second kappa shape index (κ2) is 9.13. The lowest BCUT2D eigenvalue weighted by atomic mass is 10.1. The fourth-order valence-electron chi connectivity index (χ4n) is 2.16. The molecule has 1 unspecified atom stereocenters. The number of hydrogen-bond acceptors (Lipinski definition) is 3. The van der Waals surface area contributed by atoms with E-state index in [-0.39, 0.29) is 30.7 Å². The van der Waals surface area contributed by atoms with E-state index in [9.17, 15) is 4.79 Å². The van der Waals surface area contributed by atoms with Crippen molar-refractivity contribution >= 4 is 36.4 Å². The molecule has 1 aliphatic heterocycles. The average molecular weight is 306 g/mol. The van der Waals surface area contributed by atoms with Gasteiger partial charge in [0.1, 0.15) is 0 Å². The molecule has 1 atom stereocenters. The molecule has 0 saturated carbocycles. The fraction of sp³-hybridized carbons (Fsp3) is 0.538. The summed E-state index contributed by atoms with van der Waals surface area (Å²) in [6.07, 6.45) is 5.65. The van der Waals surface area contributed by atoms with Crippen LogP contribution in [0.2, 0.25) is 0 Å². The normalized spacial score (nSPS) is 17.2. The van der Waals surface area contributed by atoms with Crippen LogP contribution in [0.3, 0.4) is 0 Å². The van der Waals surface area contributed by atoms with E-state index in [1.54, 1.807) is 6.20 Å². The Labute approximate surface area is 126 Å². The van der Waals surface area contributed by atoms with Crippen LogP contribution in [-0.4, -0.2) is 23.5 Å². The van der Waals surface area contributed by atoms with Crippen molar-refractivity contribution in [2.75, 3.05) is 11.9 Å². The van der Waals surface area contributed by atoms with E-state index in [2.05, 4.69) is 15.6 Å². The van der Waals surface area contributed by atoms with Crippen molar-refractivity contribution < 1.29 is 4.79 Å². The van der Waals surface area contributed by atoms with Crippen molar-refractivity contribution in [2.45, 2.75) is 38.6 Å². The van der Waals surface area contributed by atoms with Crippen LogP contribution in [0, 0.1) is 6.92 Å². The molecular formula is C13H21Cl2N3O. The number of amides is 1. The number of anilines is 1. The summed E-state index contributed by atoms with van der Waals surface area (Å²) in [7, 11) is 0. The van der Waals surface area contributed by atoms with Gasteiger partial charge in [-0.3, -0.25) is 9.78 Å². The van der Waals surface area contributed by atoms with E-state index < -0.39 is 0 Å².